The Morgan fingerprint density at radius 1 is 0.971 bits per heavy atom. The average Bonchev–Trinajstić information content (AvgIpc) is 3.47. The highest BCUT2D eigenvalue weighted by molar-refractivity contribution is 5.95. The van der Waals surface area contributed by atoms with E-state index in [1.54, 1.807) is 17.9 Å². The molecule has 0 spiro atoms. The van der Waals surface area contributed by atoms with Crippen molar-refractivity contribution in [2.75, 3.05) is 6.54 Å². The lowest BCUT2D eigenvalue weighted by molar-refractivity contribution is -0.132. The lowest BCUT2D eigenvalue weighted by Crippen LogP contribution is -2.50. The summed E-state index contributed by atoms with van der Waals surface area (Å²) in [6, 6.07) is 18.4. The van der Waals surface area contributed by atoms with E-state index in [9.17, 15) is 9.59 Å². The van der Waals surface area contributed by atoms with Crippen LogP contribution in [0.15, 0.2) is 67.3 Å². The zero-order valence-corrected chi connectivity index (χ0v) is 20.3. The first-order valence-electron chi connectivity index (χ1n) is 12.7. The SMILES string of the molecule is CC(=O)N1CCCCC[C@@H]2[C@@H]1C[C@@H](Cc1ccccc1)N2C(=O)c1cccc(Cn2cncn2)c1. The minimum atomic E-state index is 0.0411. The number of benzene rings is 2. The Balaban J connectivity index is 1.47. The number of hydrogen-bond acceptors (Lipinski definition) is 4. The molecule has 7 heteroatoms. The fourth-order valence-corrected chi connectivity index (χ4v) is 5.88. The molecule has 5 rings (SSSR count). The summed E-state index contributed by atoms with van der Waals surface area (Å²) in [4.78, 5) is 34.9. The summed E-state index contributed by atoms with van der Waals surface area (Å²) in [7, 11) is 0. The molecule has 0 bridgehead atoms. The third-order valence-electron chi connectivity index (χ3n) is 7.45. The van der Waals surface area contributed by atoms with E-state index >= 15 is 0 Å². The predicted molar refractivity (Wildman–Crippen MR) is 134 cm³/mol. The molecule has 0 saturated carbocycles. The molecule has 3 heterocycles. The highest BCUT2D eigenvalue weighted by atomic mass is 16.2. The summed E-state index contributed by atoms with van der Waals surface area (Å²) < 4.78 is 1.76. The van der Waals surface area contributed by atoms with E-state index in [1.165, 1.54) is 11.9 Å². The molecule has 0 aliphatic carbocycles. The van der Waals surface area contributed by atoms with Crippen molar-refractivity contribution >= 4 is 11.8 Å². The van der Waals surface area contributed by atoms with Crippen LogP contribution in [0.2, 0.25) is 0 Å². The van der Waals surface area contributed by atoms with Gasteiger partial charge in [0.15, 0.2) is 0 Å². The molecule has 2 fully saturated rings. The number of carbonyl (C=O) groups is 2. The van der Waals surface area contributed by atoms with Crippen LogP contribution in [0.4, 0.5) is 0 Å². The van der Waals surface area contributed by atoms with Gasteiger partial charge in [-0.3, -0.25) is 9.59 Å². The van der Waals surface area contributed by atoms with Crippen LogP contribution in [0.3, 0.4) is 0 Å². The maximum Gasteiger partial charge on any atom is 0.254 e. The zero-order chi connectivity index (χ0) is 24.2. The first-order chi connectivity index (χ1) is 17.1. The molecule has 1 aromatic heterocycles. The zero-order valence-electron chi connectivity index (χ0n) is 20.3. The predicted octanol–water partition coefficient (Wildman–Crippen LogP) is 3.94. The number of nitrogens with zero attached hydrogens (tertiary/aromatic N) is 5. The van der Waals surface area contributed by atoms with Crippen molar-refractivity contribution in [2.45, 2.75) is 70.1 Å². The minimum Gasteiger partial charge on any atom is -0.338 e. The maximum atomic E-state index is 14.1. The number of aromatic nitrogens is 3. The average molecular weight is 472 g/mol. The van der Waals surface area contributed by atoms with E-state index in [2.05, 4.69) is 39.2 Å². The Bertz CT molecular complexity index is 1150. The van der Waals surface area contributed by atoms with Crippen LogP contribution in [-0.2, 0) is 17.8 Å². The topological polar surface area (TPSA) is 71.3 Å². The van der Waals surface area contributed by atoms with Crippen LogP contribution in [0.1, 0.15) is 60.5 Å². The molecule has 2 saturated heterocycles. The second-order valence-corrected chi connectivity index (χ2v) is 9.78. The number of rotatable bonds is 5. The first-order valence-corrected chi connectivity index (χ1v) is 12.7. The lowest BCUT2D eigenvalue weighted by Gasteiger charge is -2.37. The molecule has 35 heavy (non-hydrogen) atoms. The Kier molecular flexibility index (Phi) is 6.93. The second kappa shape index (κ2) is 10.4. The van der Waals surface area contributed by atoms with Gasteiger partial charge in [0.25, 0.3) is 5.91 Å². The van der Waals surface area contributed by atoms with Crippen LogP contribution in [0, 0.1) is 0 Å². The monoisotopic (exact) mass is 471 g/mol. The van der Waals surface area contributed by atoms with Crippen LogP contribution < -0.4 is 0 Å². The number of likely N-dealkylation sites (tertiary alicyclic amines) is 2. The van der Waals surface area contributed by atoms with E-state index in [0.717, 1.165) is 50.6 Å². The standard InChI is InChI=1S/C28H33N5O2/c1-21(34)32-14-7-3-6-13-26-27(32)17-25(16-22-9-4-2-5-10-22)33(26)28(35)24-12-8-11-23(15-24)18-31-20-29-19-30-31/h2,4-5,8-12,15,19-20,25-27H,3,6-7,13-14,16-18H2,1H3/t25-,26-,27+/m1/s1. The van der Waals surface area contributed by atoms with Crippen molar-refractivity contribution in [3.8, 4) is 0 Å². The Morgan fingerprint density at radius 2 is 1.80 bits per heavy atom. The molecule has 0 radical (unpaired) electrons. The Morgan fingerprint density at radius 3 is 2.57 bits per heavy atom. The lowest BCUT2D eigenvalue weighted by atomic mass is 9.96. The fourth-order valence-electron chi connectivity index (χ4n) is 5.88. The van der Waals surface area contributed by atoms with Gasteiger partial charge in [-0.2, -0.15) is 5.10 Å². The van der Waals surface area contributed by atoms with Crippen LogP contribution in [-0.4, -0.2) is 61.0 Å². The quantitative estimate of drug-likeness (QED) is 0.565. The summed E-state index contributed by atoms with van der Waals surface area (Å²) in [5.74, 6) is 0.174. The van der Waals surface area contributed by atoms with E-state index in [0.29, 0.717) is 12.1 Å². The van der Waals surface area contributed by atoms with Gasteiger partial charge in [0.2, 0.25) is 5.91 Å². The highest BCUT2D eigenvalue weighted by Gasteiger charge is 2.46. The Labute approximate surface area is 206 Å². The van der Waals surface area contributed by atoms with Gasteiger partial charge in [-0.15, -0.1) is 0 Å². The smallest absolute Gasteiger partial charge is 0.254 e. The molecule has 0 N–H and O–H groups in total. The largest absolute Gasteiger partial charge is 0.338 e. The van der Waals surface area contributed by atoms with Crippen molar-refractivity contribution in [3.63, 3.8) is 0 Å². The number of hydrogen-bond donors (Lipinski definition) is 0. The molecule has 7 nitrogen and oxygen atoms in total. The summed E-state index contributed by atoms with van der Waals surface area (Å²) in [6.07, 6.45) is 8.96. The highest BCUT2D eigenvalue weighted by Crippen LogP contribution is 2.36. The van der Waals surface area contributed by atoms with Gasteiger partial charge in [0.05, 0.1) is 18.6 Å². The summed E-state index contributed by atoms with van der Waals surface area (Å²) in [6.45, 7) is 3.02. The second-order valence-electron chi connectivity index (χ2n) is 9.78. The third-order valence-corrected chi connectivity index (χ3v) is 7.45. The normalized spacial score (nSPS) is 22.4. The maximum absolute atomic E-state index is 14.1. The van der Waals surface area contributed by atoms with Gasteiger partial charge in [-0.1, -0.05) is 55.3 Å². The molecule has 3 aromatic rings. The van der Waals surface area contributed by atoms with Gasteiger partial charge >= 0.3 is 0 Å². The number of amides is 2. The fraction of sp³-hybridized carbons (Fsp3) is 0.429. The summed E-state index contributed by atoms with van der Waals surface area (Å²) >= 11 is 0. The van der Waals surface area contributed by atoms with Crippen molar-refractivity contribution in [3.05, 3.63) is 83.9 Å². The van der Waals surface area contributed by atoms with Crippen molar-refractivity contribution in [1.29, 1.82) is 0 Å². The molecular formula is C28H33N5O2. The van der Waals surface area contributed by atoms with E-state index in [-0.39, 0.29) is 29.9 Å². The van der Waals surface area contributed by atoms with E-state index in [4.69, 9.17) is 0 Å². The number of fused-ring (bicyclic) bond motifs is 1. The van der Waals surface area contributed by atoms with Crippen molar-refractivity contribution in [1.82, 2.24) is 24.6 Å². The van der Waals surface area contributed by atoms with Crippen LogP contribution >= 0.6 is 0 Å². The molecule has 2 amide bonds. The van der Waals surface area contributed by atoms with Crippen LogP contribution in [0.5, 0.6) is 0 Å². The van der Waals surface area contributed by atoms with Gasteiger partial charge < -0.3 is 9.80 Å². The van der Waals surface area contributed by atoms with Crippen LogP contribution in [0.25, 0.3) is 0 Å². The molecule has 182 valence electrons. The van der Waals surface area contributed by atoms with Crippen molar-refractivity contribution < 1.29 is 9.59 Å². The summed E-state index contributed by atoms with van der Waals surface area (Å²) in [5, 5.41) is 4.19. The van der Waals surface area contributed by atoms with E-state index < -0.39 is 0 Å². The third kappa shape index (κ3) is 5.14. The summed E-state index contributed by atoms with van der Waals surface area (Å²) in [5.41, 5.74) is 2.93. The molecule has 2 aliphatic rings. The molecular weight excluding hydrogens is 438 g/mol. The van der Waals surface area contributed by atoms with E-state index in [1.807, 2.05) is 35.2 Å². The molecule has 3 atom stereocenters. The molecule has 2 aliphatic heterocycles. The first kappa shape index (κ1) is 23.3. The van der Waals surface area contributed by atoms with Gasteiger partial charge in [0, 0.05) is 25.1 Å². The Hall–Kier alpha value is -3.48. The van der Waals surface area contributed by atoms with Gasteiger partial charge in [-0.05, 0) is 48.9 Å². The van der Waals surface area contributed by atoms with Gasteiger partial charge in [-0.25, -0.2) is 9.67 Å². The minimum absolute atomic E-state index is 0.0411. The van der Waals surface area contributed by atoms with Gasteiger partial charge in [0.1, 0.15) is 12.7 Å². The molecule has 0 unspecified atom stereocenters. The number of carbonyl (C=O) groups excluding carboxylic acids is 2. The van der Waals surface area contributed by atoms with Crippen molar-refractivity contribution in [2.24, 2.45) is 0 Å². The molecule has 2 aromatic carbocycles.